The zero-order valence-electron chi connectivity index (χ0n) is 16.0. The van der Waals surface area contributed by atoms with Crippen molar-refractivity contribution in [2.24, 2.45) is 0 Å². The van der Waals surface area contributed by atoms with Gasteiger partial charge in [0.15, 0.2) is 0 Å². The number of benzene rings is 2. The molecular weight excluding hydrogens is 383 g/mol. The summed E-state index contributed by atoms with van der Waals surface area (Å²) < 4.78 is 18.9. The molecule has 0 spiro atoms. The summed E-state index contributed by atoms with van der Waals surface area (Å²) in [5.41, 5.74) is 3.28. The predicted molar refractivity (Wildman–Crippen MR) is 111 cm³/mol. The molecule has 2 aromatic carbocycles. The van der Waals surface area contributed by atoms with Crippen molar-refractivity contribution in [1.82, 2.24) is 15.0 Å². The van der Waals surface area contributed by atoms with E-state index in [2.05, 4.69) is 20.3 Å². The molecule has 0 aliphatic carbocycles. The third-order valence-electron chi connectivity index (χ3n) is 4.34. The summed E-state index contributed by atoms with van der Waals surface area (Å²) in [6, 6.07) is 16.3. The normalized spacial score (nSPS) is 10.5. The van der Waals surface area contributed by atoms with Gasteiger partial charge in [-0.3, -0.25) is 9.78 Å². The first-order chi connectivity index (χ1) is 14.6. The highest BCUT2D eigenvalue weighted by molar-refractivity contribution is 6.04. The third-order valence-corrected chi connectivity index (χ3v) is 4.34. The van der Waals surface area contributed by atoms with Crippen LogP contribution in [0.1, 0.15) is 15.9 Å². The molecule has 30 heavy (non-hydrogen) atoms. The monoisotopic (exact) mass is 400 g/mol. The smallest absolute Gasteiger partial charge is 0.322 e. The van der Waals surface area contributed by atoms with Crippen LogP contribution in [-0.2, 0) is 0 Å². The summed E-state index contributed by atoms with van der Waals surface area (Å²) in [5.74, 6) is -0.235. The minimum atomic E-state index is -0.397. The largest absolute Gasteiger partial charge is 0.424 e. The molecule has 6 nitrogen and oxygen atoms in total. The van der Waals surface area contributed by atoms with Gasteiger partial charge in [-0.2, -0.15) is 4.98 Å². The molecule has 0 aliphatic heterocycles. The van der Waals surface area contributed by atoms with E-state index in [4.69, 9.17) is 4.74 Å². The number of aromatic nitrogens is 3. The van der Waals surface area contributed by atoms with E-state index in [0.717, 1.165) is 11.1 Å². The van der Waals surface area contributed by atoms with E-state index in [1.54, 1.807) is 36.8 Å². The Bertz CT molecular complexity index is 1180. The lowest BCUT2D eigenvalue weighted by atomic mass is 10.1. The zero-order valence-corrected chi connectivity index (χ0v) is 16.0. The number of nitrogens with one attached hydrogen (secondary N) is 1. The van der Waals surface area contributed by atoms with Crippen LogP contribution in [0, 0.1) is 12.7 Å². The second kappa shape index (κ2) is 8.48. The predicted octanol–water partition coefficient (Wildman–Crippen LogP) is 5.03. The second-order valence-corrected chi connectivity index (χ2v) is 6.51. The second-order valence-electron chi connectivity index (χ2n) is 6.51. The van der Waals surface area contributed by atoms with Gasteiger partial charge in [-0.15, -0.1) is 0 Å². The molecule has 0 radical (unpaired) electrons. The van der Waals surface area contributed by atoms with Gasteiger partial charge in [-0.1, -0.05) is 6.07 Å². The standard InChI is InChI=1S/C23H17FN4O2/c1-15-4-9-19(27-22(29)16-5-7-18(24)8-6-16)13-21(15)30-23-26-12-10-20(28-23)17-3-2-11-25-14-17/h2-14H,1H3,(H,27,29). The van der Waals surface area contributed by atoms with Gasteiger partial charge in [-0.25, -0.2) is 9.37 Å². The molecule has 2 aromatic heterocycles. The lowest BCUT2D eigenvalue weighted by Gasteiger charge is -2.11. The van der Waals surface area contributed by atoms with Gasteiger partial charge in [0.2, 0.25) is 0 Å². The summed E-state index contributed by atoms with van der Waals surface area (Å²) in [5, 5.41) is 2.78. The van der Waals surface area contributed by atoms with Crippen LogP contribution in [0.3, 0.4) is 0 Å². The zero-order chi connectivity index (χ0) is 20.9. The Morgan fingerprint density at radius 1 is 1.03 bits per heavy atom. The van der Waals surface area contributed by atoms with Gasteiger partial charge >= 0.3 is 6.01 Å². The van der Waals surface area contributed by atoms with Gasteiger partial charge in [0.1, 0.15) is 11.6 Å². The van der Waals surface area contributed by atoms with Crippen LogP contribution in [0.15, 0.2) is 79.3 Å². The van der Waals surface area contributed by atoms with Crippen LogP contribution in [0.5, 0.6) is 11.8 Å². The fraction of sp³-hybridized carbons (Fsp3) is 0.0435. The van der Waals surface area contributed by atoms with Crippen LogP contribution in [0.2, 0.25) is 0 Å². The van der Waals surface area contributed by atoms with Gasteiger partial charge in [-0.05, 0) is 61.0 Å². The third kappa shape index (κ3) is 4.47. The molecule has 7 heteroatoms. The average Bonchev–Trinajstić information content (AvgIpc) is 2.77. The quantitative estimate of drug-likeness (QED) is 0.508. The molecule has 1 amide bonds. The number of aryl methyl sites for hydroxylation is 1. The van der Waals surface area contributed by atoms with Crippen molar-refractivity contribution >= 4 is 11.6 Å². The number of halogens is 1. The SMILES string of the molecule is Cc1ccc(NC(=O)c2ccc(F)cc2)cc1Oc1nccc(-c2cccnc2)n1. The molecule has 2 heterocycles. The van der Waals surface area contributed by atoms with Crippen molar-refractivity contribution < 1.29 is 13.9 Å². The Balaban J connectivity index is 1.54. The number of hydrogen-bond acceptors (Lipinski definition) is 5. The Morgan fingerprint density at radius 3 is 2.63 bits per heavy atom. The molecule has 148 valence electrons. The summed E-state index contributed by atoms with van der Waals surface area (Å²) in [6.45, 7) is 1.88. The highest BCUT2D eigenvalue weighted by Gasteiger charge is 2.10. The van der Waals surface area contributed by atoms with Crippen molar-refractivity contribution in [2.45, 2.75) is 6.92 Å². The molecular formula is C23H17FN4O2. The van der Waals surface area contributed by atoms with E-state index in [1.165, 1.54) is 24.3 Å². The van der Waals surface area contributed by atoms with Crippen molar-refractivity contribution in [3.05, 3.63) is 96.2 Å². The van der Waals surface area contributed by atoms with E-state index in [-0.39, 0.29) is 11.9 Å². The van der Waals surface area contributed by atoms with E-state index in [9.17, 15) is 9.18 Å². The molecule has 0 saturated carbocycles. The first-order valence-corrected chi connectivity index (χ1v) is 9.17. The summed E-state index contributed by atoms with van der Waals surface area (Å²) >= 11 is 0. The Labute approximate surface area is 172 Å². The van der Waals surface area contributed by atoms with Crippen LogP contribution >= 0.6 is 0 Å². The van der Waals surface area contributed by atoms with Gasteiger partial charge in [0, 0.05) is 41.5 Å². The lowest BCUT2D eigenvalue weighted by molar-refractivity contribution is 0.102. The van der Waals surface area contributed by atoms with E-state index >= 15 is 0 Å². The van der Waals surface area contributed by atoms with Crippen LogP contribution in [-0.4, -0.2) is 20.9 Å². The Hall–Kier alpha value is -4.13. The highest BCUT2D eigenvalue weighted by Crippen LogP contribution is 2.27. The van der Waals surface area contributed by atoms with Crippen molar-refractivity contribution in [1.29, 1.82) is 0 Å². The molecule has 0 aliphatic rings. The van der Waals surface area contributed by atoms with E-state index in [0.29, 0.717) is 22.7 Å². The number of pyridine rings is 1. The topological polar surface area (TPSA) is 77.0 Å². The number of ether oxygens (including phenoxy) is 1. The number of hydrogen-bond donors (Lipinski definition) is 1. The highest BCUT2D eigenvalue weighted by atomic mass is 19.1. The minimum Gasteiger partial charge on any atom is -0.424 e. The van der Waals surface area contributed by atoms with Gasteiger partial charge < -0.3 is 10.1 Å². The summed E-state index contributed by atoms with van der Waals surface area (Å²) in [4.78, 5) is 25.1. The maximum absolute atomic E-state index is 13.1. The fourth-order valence-corrected chi connectivity index (χ4v) is 2.76. The molecule has 0 saturated heterocycles. The van der Waals surface area contributed by atoms with Gasteiger partial charge in [0.05, 0.1) is 5.69 Å². The lowest BCUT2D eigenvalue weighted by Crippen LogP contribution is -2.12. The van der Waals surface area contributed by atoms with Crippen LogP contribution < -0.4 is 10.1 Å². The number of rotatable bonds is 5. The summed E-state index contributed by atoms with van der Waals surface area (Å²) in [6.07, 6.45) is 5.01. The molecule has 0 fully saturated rings. The van der Waals surface area contributed by atoms with E-state index in [1.807, 2.05) is 25.1 Å². The summed E-state index contributed by atoms with van der Waals surface area (Å²) in [7, 11) is 0. The molecule has 4 rings (SSSR count). The molecule has 1 N–H and O–H groups in total. The number of carbonyl (C=O) groups is 1. The van der Waals surface area contributed by atoms with Crippen LogP contribution in [0.4, 0.5) is 10.1 Å². The Kier molecular flexibility index (Phi) is 5.43. The van der Waals surface area contributed by atoms with Crippen LogP contribution in [0.25, 0.3) is 11.3 Å². The first-order valence-electron chi connectivity index (χ1n) is 9.17. The van der Waals surface area contributed by atoms with Crippen molar-refractivity contribution in [3.8, 4) is 23.0 Å². The molecule has 4 aromatic rings. The Morgan fingerprint density at radius 2 is 1.87 bits per heavy atom. The van der Waals surface area contributed by atoms with Gasteiger partial charge in [0.25, 0.3) is 5.91 Å². The van der Waals surface area contributed by atoms with Crippen molar-refractivity contribution in [3.63, 3.8) is 0 Å². The molecule has 0 bridgehead atoms. The number of carbonyl (C=O) groups excluding carboxylic acids is 1. The number of nitrogens with zero attached hydrogens (tertiary/aromatic N) is 3. The maximum Gasteiger partial charge on any atom is 0.322 e. The fourth-order valence-electron chi connectivity index (χ4n) is 2.76. The maximum atomic E-state index is 13.1. The molecule has 0 atom stereocenters. The van der Waals surface area contributed by atoms with Crippen molar-refractivity contribution in [2.75, 3.05) is 5.32 Å². The van der Waals surface area contributed by atoms with E-state index < -0.39 is 5.82 Å². The average molecular weight is 400 g/mol. The number of anilines is 1. The minimum absolute atomic E-state index is 0.182. The molecule has 0 unspecified atom stereocenters. The number of amides is 1. The first kappa shape index (κ1) is 19.2.